The number of benzene rings is 1. The zero-order valence-corrected chi connectivity index (χ0v) is 17.0. The zero-order valence-electron chi connectivity index (χ0n) is 17.0. The van der Waals surface area contributed by atoms with Crippen LogP contribution in [0, 0.1) is 5.92 Å². The van der Waals surface area contributed by atoms with Crippen LogP contribution in [0.3, 0.4) is 0 Å². The molecule has 2 aliphatic heterocycles. The van der Waals surface area contributed by atoms with Crippen molar-refractivity contribution in [3.8, 4) is 0 Å². The molecule has 2 aromatic rings. The molecule has 0 radical (unpaired) electrons. The highest BCUT2D eigenvalue weighted by atomic mass is 19.4. The number of alkyl halides is 3. The molecular weight excluding hydrogens is 405 g/mol. The molecule has 3 heterocycles. The van der Waals surface area contributed by atoms with E-state index in [4.69, 9.17) is 0 Å². The van der Waals surface area contributed by atoms with E-state index in [1.807, 2.05) is 17.3 Å². The van der Waals surface area contributed by atoms with Gasteiger partial charge in [-0.25, -0.2) is 10.0 Å². The Morgan fingerprint density at radius 1 is 1.13 bits per heavy atom. The molecule has 0 amide bonds. The lowest BCUT2D eigenvalue weighted by Gasteiger charge is -2.30. The predicted molar refractivity (Wildman–Crippen MR) is 113 cm³/mol. The average Bonchev–Trinajstić information content (AvgIpc) is 3.40. The Morgan fingerprint density at radius 2 is 1.97 bits per heavy atom. The van der Waals surface area contributed by atoms with Crippen molar-refractivity contribution < 1.29 is 13.2 Å². The maximum Gasteiger partial charge on any atom is 0.416 e. The Labute approximate surface area is 178 Å². The van der Waals surface area contributed by atoms with E-state index in [9.17, 15) is 13.2 Å². The third kappa shape index (κ3) is 4.07. The van der Waals surface area contributed by atoms with Gasteiger partial charge >= 0.3 is 6.18 Å². The molecule has 4 N–H and O–H groups in total. The molecule has 1 aromatic carbocycles. The van der Waals surface area contributed by atoms with Crippen molar-refractivity contribution >= 4 is 17.9 Å². The largest absolute Gasteiger partial charge is 0.416 e. The van der Waals surface area contributed by atoms with Crippen LogP contribution in [0.4, 0.5) is 19.0 Å². The van der Waals surface area contributed by atoms with Gasteiger partial charge in [-0.15, -0.1) is 5.53 Å². The summed E-state index contributed by atoms with van der Waals surface area (Å²) in [6.45, 7) is 0.682. The maximum atomic E-state index is 12.9. The van der Waals surface area contributed by atoms with Crippen molar-refractivity contribution in [1.29, 1.82) is 0 Å². The maximum absolute atomic E-state index is 12.9. The fourth-order valence-electron chi connectivity index (χ4n) is 4.71. The highest BCUT2D eigenvalue weighted by Gasteiger charge is 2.34. The van der Waals surface area contributed by atoms with Gasteiger partial charge in [0.1, 0.15) is 12.2 Å². The van der Waals surface area contributed by atoms with Crippen LogP contribution >= 0.6 is 0 Å². The van der Waals surface area contributed by atoms with Crippen molar-refractivity contribution in [3.63, 3.8) is 0 Å². The summed E-state index contributed by atoms with van der Waals surface area (Å²) in [6.07, 6.45) is 4.17. The zero-order chi connectivity index (χ0) is 21.4. The Hall–Kier alpha value is -2.78. The summed E-state index contributed by atoms with van der Waals surface area (Å²) in [6, 6.07) is 8.05. The third-order valence-electron chi connectivity index (χ3n) is 6.33. The van der Waals surface area contributed by atoms with Crippen LogP contribution in [-0.2, 0) is 12.6 Å². The lowest BCUT2D eigenvalue weighted by atomic mass is 9.83. The lowest BCUT2D eigenvalue weighted by Crippen LogP contribution is -2.39. The molecule has 5 rings (SSSR count). The molecule has 3 aliphatic rings. The summed E-state index contributed by atoms with van der Waals surface area (Å²) in [7, 11) is 0. The number of aliphatic imine (C=N–C) groups is 1. The quantitative estimate of drug-likeness (QED) is 0.577. The van der Waals surface area contributed by atoms with Gasteiger partial charge in [0.05, 0.1) is 17.0 Å². The molecule has 0 spiro atoms. The molecule has 1 aliphatic carbocycles. The average molecular weight is 430 g/mol. The minimum Gasteiger partial charge on any atom is -0.346 e. The molecule has 0 bridgehead atoms. The highest BCUT2D eigenvalue weighted by molar-refractivity contribution is 5.87. The van der Waals surface area contributed by atoms with Gasteiger partial charge in [-0.1, -0.05) is 18.2 Å². The summed E-state index contributed by atoms with van der Waals surface area (Å²) in [5.74, 6) is 1.31. The summed E-state index contributed by atoms with van der Waals surface area (Å²) in [5, 5.41) is 5.46. The van der Waals surface area contributed by atoms with Gasteiger partial charge in [0.15, 0.2) is 0 Å². The van der Waals surface area contributed by atoms with Gasteiger partial charge in [0.25, 0.3) is 0 Å². The number of hydrogen-bond acceptors (Lipinski definition) is 5. The van der Waals surface area contributed by atoms with Crippen LogP contribution in [0.5, 0.6) is 0 Å². The van der Waals surface area contributed by atoms with Crippen molar-refractivity contribution in [1.82, 2.24) is 26.3 Å². The smallest absolute Gasteiger partial charge is 0.346 e. The van der Waals surface area contributed by atoms with Crippen LogP contribution in [-0.4, -0.2) is 28.9 Å². The molecule has 6 nitrogen and oxygen atoms in total. The second-order valence-electron chi connectivity index (χ2n) is 8.30. The molecule has 1 aromatic heterocycles. The predicted octanol–water partition coefficient (Wildman–Crippen LogP) is 4.09. The Bertz CT molecular complexity index is 1000. The minimum atomic E-state index is -4.29. The van der Waals surface area contributed by atoms with E-state index in [1.165, 1.54) is 17.8 Å². The number of nitrogens with zero attached hydrogens (tertiary/aromatic N) is 2. The molecule has 0 unspecified atom stereocenters. The van der Waals surface area contributed by atoms with Crippen LogP contribution < -0.4 is 16.3 Å². The topological polar surface area (TPSA) is 67.5 Å². The molecule has 1 fully saturated rings. The van der Waals surface area contributed by atoms with Gasteiger partial charge in [-0.3, -0.25) is 0 Å². The number of halogens is 3. The fourth-order valence-corrected chi connectivity index (χ4v) is 4.71. The van der Waals surface area contributed by atoms with Crippen LogP contribution in [0.15, 0.2) is 47.2 Å². The van der Waals surface area contributed by atoms with Crippen LogP contribution in [0.25, 0.3) is 5.70 Å². The normalized spacial score (nSPS) is 23.0. The molecular formula is C22H25F3N6. The Kier molecular flexibility index (Phi) is 5.23. The number of hydrogen-bond donors (Lipinski definition) is 4. The van der Waals surface area contributed by atoms with Crippen molar-refractivity contribution in [2.45, 2.75) is 44.3 Å². The van der Waals surface area contributed by atoms with Crippen molar-refractivity contribution in [3.05, 3.63) is 58.9 Å². The molecule has 1 saturated carbocycles. The minimum absolute atomic E-state index is 0.397. The van der Waals surface area contributed by atoms with Gasteiger partial charge < -0.3 is 15.7 Å². The second-order valence-corrected chi connectivity index (χ2v) is 8.30. The first-order chi connectivity index (χ1) is 15.0. The van der Waals surface area contributed by atoms with E-state index in [1.54, 1.807) is 12.4 Å². The SMILES string of the molecule is FC(F)(F)c1cccc(CCNC2CCC(C3=C4c5cc[nH]c5N=CN4NN3)CC2)c1. The molecule has 31 heavy (non-hydrogen) atoms. The van der Waals surface area contributed by atoms with Crippen LogP contribution in [0.2, 0.25) is 0 Å². The molecule has 9 heteroatoms. The lowest BCUT2D eigenvalue weighted by molar-refractivity contribution is -0.137. The molecule has 0 atom stereocenters. The number of aromatic nitrogens is 1. The number of allylic oxidation sites excluding steroid dienone is 1. The second kappa shape index (κ2) is 8.05. The molecule has 0 saturated heterocycles. The number of H-pyrrole nitrogens is 1. The molecule has 164 valence electrons. The van der Waals surface area contributed by atoms with Crippen LogP contribution in [0.1, 0.15) is 42.4 Å². The summed E-state index contributed by atoms with van der Waals surface area (Å²) < 4.78 is 38.6. The van der Waals surface area contributed by atoms with E-state index in [0.717, 1.165) is 48.8 Å². The van der Waals surface area contributed by atoms with Gasteiger partial charge in [-0.2, -0.15) is 13.2 Å². The van der Waals surface area contributed by atoms with Gasteiger partial charge in [-0.05, 0) is 56.3 Å². The number of hydrazine groups is 2. The summed E-state index contributed by atoms with van der Waals surface area (Å²) >= 11 is 0. The number of nitrogens with one attached hydrogen (secondary N) is 4. The Balaban J connectivity index is 1.15. The van der Waals surface area contributed by atoms with E-state index >= 15 is 0 Å². The monoisotopic (exact) mass is 430 g/mol. The third-order valence-corrected chi connectivity index (χ3v) is 6.33. The summed E-state index contributed by atoms with van der Waals surface area (Å²) in [5.41, 5.74) is 10.1. The fraction of sp³-hybridized carbons (Fsp3) is 0.409. The van der Waals surface area contributed by atoms with Gasteiger partial charge in [0, 0.05) is 23.7 Å². The van der Waals surface area contributed by atoms with Gasteiger partial charge in [0.2, 0.25) is 0 Å². The highest BCUT2D eigenvalue weighted by Crippen LogP contribution is 2.39. The first-order valence-corrected chi connectivity index (χ1v) is 10.7. The number of aromatic amines is 1. The van der Waals surface area contributed by atoms with Crippen molar-refractivity contribution in [2.24, 2.45) is 10.9 Å². The first kappa shape index (κ1) is 20.1. The summed E-state index contributed by atoms with van der Waals surface area (Å²) in [4.78, 5) is 7.56. The Morgan fingerprint density at radius 3 is 2.77 bits per heavy atom. The van der Waals surface area contributed by atoms with Crippen molar-refractivity contribution in [2.75, 3.05) is 6.54 Å². The first-order valence-electron chi connectivity index (χ1n) is 10.7. The van der Waals surface area contributed by atoms with E-state index in [2.05, 4.69) is 26.3 Å². The van der Waals surface area contributed by atoms with E-state index in [-0.39, 0.29) is 0 Å². The van der Waals surface area contributed by atoms with E-state index < -0.39 is 11.7 Å². The standard InChI is InChI=1S/C22H25F3N6/c23-22(24,25)16-3-1-2-14(12-16)8-10-26-17-6-4-15(5-7-17)19-20-18-9-11-27-21(18)28-13-31(20)30-29-19/h1-3,9,11-13,15,17,26-27,29-30H,4-8,10H2. The number of rotatable bonds is 5. The van der Waals surface area contributed by atoms with E-state index in [0.29, 0.717) is 30.5 Å². The number of fused-ring (bicyclic) bond motifs is 3.